The van der Waals surface area contributed by atoms with E-state index in [4.69, 9.17) is 0 Å². The highest BCUT2D eigenvalue weighted by molar-refractivity contribution is 7.88. The lowest BCUT2D eigenvalue weighted by molar-refractivity contribution is -0.0520. The Morgan fingerprint density at radius 2 is 1.83 bits per heavy atom. The fraction of sp³-hybridized carbons (Fsp3) is 0.444. The number of rotatable bonds is 6. The highest BCUT2D eigenvalue weighted by atomic mass is 32.2. The average Bonchev–Trinajstić information content (AvgIpc) is 2.62. The molecule has 11 heteroatoms. The maximum Gasteiger partial charge on any atom is 0.387 e. The van der Waals surface area contributed by atoms with E-state index in [9.17, 15) is 26.4 Å². The van der Waals surface area contributed by atoms with E-state index in [1.54, 1.807) is 0 Å². The van der Waals surface area contributed by atoms with Crippen molar-refractivity contribution in [1.82, 2.24) is 15.0 Å². The number of alkyl halides is 2. The number of fused-ring (bicyclic) bond motifs is 1. The molecular weight excluding hydrogens is 411 g/mol. The molecule has 3 rings (SSSR count). The van der Waals surface area contributed by atoms with Gasteiger partial charge in [0.1, 0.15) is 0 Å². The Morgan fingerprint density at radius 3 is 2.45 bits per heavy atom. The van der Waals surface area contributed by atoms with Crippen LogP contribution in [0, 0.1) is 5.82 Å². The lowest BCUT2D eigenvalue weighted by Gasteiger charge is -2.29. The van der Waals surface area contributed by atoms with Crippen LogP contribution in [0.1, 0.15) is 36.0 Å². The molecule has 1 amide bonds. The van der Waals surface area contributed by atoms with Crippen LogP contribution in [0.15, 0.2) is 24.4 Å². The largest absolute Gasteiger partial charge is 0.432 e. The molecule has 1 aromatic carbocycles. The van der Waals surface area contributed by atoms with Crippen molar-refractivity contribution < 1.29 is 31.1 Å². The van der Waals surface area contributed by atoms with Crippen LogP contribution in [0.5, 0.6) is 5.75 Å². The molecule has 29 heavy (non-hydrogen) atoms. The van der Waals surface area contributed by atoms with Crippen LogP contribution in [0.4, 0.5) is 13.2 Å². The zero-order valence-electron chi connectivity index (χ0n) is 15.5. The number of benzene rings is 1. The van der Waals surface area contributed by atoms with E-state index in [0.29, 0.717) is 25.7 Å². The number of pyridine rings is 1. The number of aromatic nitrogens is 1. The summed E-state index contributed by atoms with van der Waals surface area (Å²) in [6.45, 7) is -3.16. The number of nitrogens with one attached hydrogen (secondary N) is 2. The molecule has 0 radical (unpaired) electrons. The van der Waals surface area contributed by atoms with E-state index >= 15 is 0 Å². The summed E-state index contributed by atoms with van der Waals surface area (Å²) in [5.41, 5.74) is 0.418. The maximum absolute atomic E-state index is 13.9. The van der Waals surface area contributed by atoms with Gasteiger partial charge in [-0.2, -0.15) is 8.78 Å². The summed E-state index contributed by atoms with van der Waals surface area (Å²) in [6, 6.07) is 3.19. The Labute approximate surface area is 165 Å². The fourth-order valence-corrected chi connectivity index (χ4v) is 4.21. The third-order valence-corrected chi connectivity index (χ3v) is 5.42. The second-order valence-electron chi connectivity index (χ2n) is 6.99. The summed E-state index contributed by atoms with van der Waals surface area (Å²) in [6.07, 6.45) is 4.82. The molecule has 1 aromatic heterocycles. The van der Waals surface area contributed by atoms with Gasteiger partial charge in [-0.15, -0.1) is 0 Å². The number of sulfonamides is 1. The molecule has 0 bridgehead atoms. The van der Waals surface area contributed by atoms with Gasteiger partial charge in [-0.1, -0.05) is 0 Å². The Bertz CT molecular complexity index is 1010. The molecule has 0 saturated heterocycles. The third kappa shape index (κ3) is 5.80. The van der Waals surface area contributed by atoms with Crippen molar-refractivity contribution in [2.24, 2.45) is 0 Å². The van der Waals surface area contributed by atoms with Gasteiger partial charge in [0.25, 0.3) is 5.91 Å². The molecule has 2 aromatic rings. The van der Waals surface area contributed by atoms with Crippen LogP contribution in [-0.2, 0) is 10.0 Å². The van der Waals surface area contributed by atoms with Crippen LogP contribution < -0.4 is 14.8 Å². The van der Waals surface area contributed by atoms with E-state index in [-0.39, 0.29) is 28.6 Å². The lowest BCUT2D eigenvalue weighted by atomic mass is 9.91. The number of ether oxygens (including phenoxy) is 1. The quantitative estimate of drug-likeness (QED) is 0.733. The van der Waals surface area contributed by atoms with E-state index in [1.807, 2.05) is 0 Å². The summed E-state index contributed by atoms with van der Waals surface area (Å²) in [5, 5.41) is 3.14. The summed E-state index contributed by atoms with van der Waals surface area (Å²) in [7, 11) is -3.27. The van der Waals surface area contributed by atoms with Crippen LogP contribution in [-0.4, -0.2) is 44.3 Å². The topological polar surface area (TPSA) is 97.4 Å². The number of carbonyl (C=O) groups excluding carboxylic acids is 1. The Balaban J connectivity index is 1.65. The van der Waals surface area contributed by atoms with Crippen molar-refractivity contribution in [3.8, 4) is 5.75 Å². The monoisotopic (exact) mass is 431 g/mol. The van der Waals surface area contributed by atoms with Gasteiger partial charge in [-0.25, -0.2) is 17.5 Å². The first-order valence-electron chi connectivity index (χ1n) is 8.93. The molecule has 2 N–H and O–H groups in total. The van der Waals surface area contributed by atoms with Crippen LogP contribution in [0.25, 0.3) is 10.9 Å². The average molecular weight is 431 g/mol. The summed E-state index contributed by atoms with van der Waals surface area (Å²) in [5.74, 6) is -1.99. The maximum atomic E-state index is 13.9. The number of hydrogen-bond acceptors (Lipinski definition) is 5. The molecule has 0 spiro atoms. The fourth-order valence-electron chi connectivity index (χ4n) is 3.37. The second kappa shape index (κ2) is 8.54. The van der Waals surface area contributed by atoms with E-state index in [0.717, 1.165) is 18.4 Å². The van der Waals surface area contributed by atoms with Crippen molar-refractivity contribution in [3.05, 3.63) is 35.8 Å². The number of carbonyl (C=O) groups is 1. The van der Waals surface area contributed by atoms with Crippen molar-refractivity contribution >= 4 is 26.8 Å². The van der Waals surface area contributed by atoms with E-state index in [1.165, 1.54) is 12.3 Å². The molecule has 0 unspecified atom stereocenters. The second-order valence-corrected chi connectivity index (χ2v) is 8.77. The van der Waals surface area contributed by atoms with Gasteiger partial charge in [0.05, 0.1) is 17.3 Å². The van der Waals surface area contributed by atoms with Gasteiger partial charge in [-0.3, -0.25) is 9.78 Å². The number of halogens is 3. The first-order chi connectivity index (χ1) is 13.6. The zero-order chi connectivity index (χ0) is 21.2. The smallest absolute Gasteiger partial charge is 0.387 e. The predicted molar refractivity (Wildman–Crippen MR) is 99.8 cm³/mol. The normalized spacial score (nSPS) is 20.0. The highest BCUT2D eigenvalue weighted by Gasteiger charge is 2.24. The molecule has 0 aliphatic heterocycles. The van der Waals surface area contributed by atoms with Crippen molar-refractivity contribution in [2.75, 3.05) is 6.26 Å². The minimum Gasteiger partial charge on any atom is -0.432 e. The SMILES string of the molecule is CS(=O)(=O)NC1CCC(NC(=O)c2cnc3cc(OC(F)F)c(F)cc3c2)CC1. The first kappa shape index (κ1) is 21.3. The third-order valence-electron chi connectivity index (χ3n) is 4.66. The first-order valence-corrected chi connectivity index (χ1v) is 10.8. The van der Waals surface area contributed by atoms with Crippen molar-refractivity contribution in [2.45, 2.75) is 44.4 Å². The summed E-state index contributed by atoms with van der Waals surface area (Å²) in [4.78, 5) is 16.5. The summed E-state index contributed by atoms with van der Waals surface area (Å²) >= 11 is 0. The van der Waals surface area contributed by atoms with Crippen LogP contribution in [0.2, 0.25) is 0 Å². The van der Waals surface area contributed by atoms with Crippen molar-refractivity contribution in [1.29, 1.82) is 0 Å². The van der Waals surface area contributed by atoms with Gasteiger partial charge in [-0.05, 0) is 37.8 Å². The van der Waals surface area contributed by atoms with Crippen molar-refractivity contribution in [3.63, 3.8) is 0 Å². The van der Waals surface area contributed by atoms with E-state index < -0.39 is 34.1 Å². The molecule has 1 aliphatic rings. The Morgan fingerprint density at radius 1 is 1.17 bits per heavy atom. The van der Waals surface area contributed by atoms with Gasteiger partial charge >= 0.3 is 6.61 Å². The highest BCUT2D eigenvalue weighted by Crippen LogP contribution is 2.26. The van der Waals surface area contributed by atoms with Crippen LogP contribution >= 0.6 is 0 Å². The number of hydrogen-bond donors (Lipinski definition) is 2. The van der Waals surface area contributed by atoms with Crippen LogP contribution in [0.3, 0.4) is 0 Å². The van der Waals surface area contributed by atoms with Gasteiger partial charge < -0.3 is 10.1 Å². The molecule has 1 heterocycles. The minimum absolute atomic E-state index is 0.116. The molecule has 1 saturated carbocycles. The minimum atomic E-state index is -3.27. The zero-order valence-corrected chi connectivity index (χ0v) is 16.3. The summed E-state index contributed by atoms with van der Waals surface area (Å²) < 4.78 is 67.7. The predicted octanol–water partition coefficient (Wildman–Crippen LogP) is 2.57. The molecule has 7 nitrogen and oxygen atoms in total. The molecule has 158 valence electrons. The Hall–Kier alpha value is -2.40. The molecule has 0 atom stereocenters. The number of nitrogens with zero attached hydrogens (tertiary/aromatic N) is 1. The lowest BCUT2D eigenvalue weighted by Crippen LogP contribution is -2.43. The number of amides is 1. The van der Waals surface area contributed by atoms with Gasteiger partial charge in [0.2, 0.25) is 10.0 Å². The molecular formula is C18H20F3N3O4S. The van der Waals surface area contributed by atoms with Gasteiger partial charge in [0.15, 0.2) is 11.6 Å². The molecule has 1 fully saturated rings. The molecule has 1 aliphatic carbocycles. The standard InChI is InChI=1S/C18H20F3N3O4S/c1-29(26,27)24-13-4-2-12(3-5-13)23-17(25)11-6-10-7-14(19)16(28-18(20)21)8-15(10)22-9-11/h6-9,12-13,18,24H,2-5H2,1H3,(H,23,25). The Kier molecular flexibility index (Phi) is 6.27. The van der Waals surface area contributed by atoms with E-state index in [2.05, 4.69) is 19.8 Å². The van der Waals surface area contributed by atoms with Gasteiger partial charge in [0, 0.05) is 29.7 Å².